The van der Waals surface area contributed by atoms with Gasteiger partial charge in [-0.25, -0.2) is 4.21 Å². The Balaban J connectivity index is 2.46. The first kappa shape index (κ1) is 10.7. The van der Waals surface area contributed by atoms with Crippen LogP contribution in [0.15, 0.2) is 4.36 Å². The Labute approximate surface area is 79.3 Å². The lowest BCUT2D eigenvalue weighted by molar-refractivity contribution is -0.118. The van der Waals surface area contributed by atoms with Crippen molar-refractivity contribution in [1.82, 2.24) is 5.32 Å². The zero-order chi connectivity index (χ0) is 9.90. The van der Waals surface area contributed by atoms with Crippen LogP contribution in [0.1, 0.15) is 12.8 Å². The van der Waals surface area contributed by atoms with Crippen LogP contribution in [-0.2, 0) is 14.5 Å². The fraction of sp³-hybridized carbons (Fsp3) is 0.875. The van der Waals surface area contributed by atoms with Crippen LogP contribution in [0.5, 0.6) is 0 Å². The van der Waals surface area contributed by atoms with Crippen molar-refractivity contribution in [3.8, 4) is 0 Å². The van der Waals surface area contributed by atoms with Crippen LogP contribution in [0.3, 0.4) is 0 Å². The molecule has 0 aliphatic carbocycles. The van der Waals surface area contributed by atoms with E-state index in [-0.39, 0.29) is 5.91 Å². The number of nitrogens with one attached hydrogen (secondary N) is 1. The van der Waals surface area contributed by atoms with E-state index < -0.39 is 9.73 Å². The molecule has 1 atom stereocenters. The average Bonchev–Trinajstić information content (AvgIpc) is 2.34. The Morgan fingerprint density at radius 2 is 2.31 bits per heavy atom. The summed E-state index contributed by atoms with van der Waals surface area (Å²) in [6.07, 6.45) is 4.43. The van der Waals surface area contributed by atoms with Crippen molar-refractivity contribution < 1.29 is 9.00 Å². The van der Waals surface area contributed by atoms with Gasteiger partial charge in [-0.3, -0.25) is 4.79 Å². The van der Waals surface area contributed by atoms with E-state index in [1.54, 1.807) is 0 Å². The quantitative estimate of drug-likeness (QED) is 0.701. The van der Waals surface area contributed by atoms with Crippen molar-refractivity contribution in [1.29, 1.82) is 0 Å². The lowest BCUT2D eigenvalue weighted by Gasteiger charge is -2.03. The monoisotopic (exact) mass is 204 g/mol. The number of amides is 1. The molecule has 1 unspecified atom stereocenters. The smallest absolute Gasteiger partial charge is 0.254 e. The maximum atomic E-state index is 11.2. The van der Waals surface area contributed by atoms with Crippen LogP contribution in [0.2, 0.25) is 0 Å². The minimum atomic E-state index is -2.26. The summed E-state index contributed by atoms with van der Waals surface area (Å²) in [7, 11) is -2.26. The van der Waals surface area contributed by atoms with Crippen LogP contribution in [-0.4, -0.2) is 35.7 Å². The summed E-state index contributed by atoms with van der Waals surface area (Å²) in [5, 5.41) is 3.18. The first-order chi connectivity index (χ1) is 5.97. The van der Waals surface area contributed by atoms with Crippen LogP contribution < -0.4 is 5.32 Å². The van der Waals surface area contributed by atoms with Gasteiger partial charge in [0.15, 0.2) is 0 Å². The molecule has 1 aliphatic heterocycles. The normalized spacial score (nSPS) is 23.1. The molecule has 1 amide bonds. The maximum Gasteiger partial charge on any atom is 0.254 e. The molecular weight excluding hydrogens is 188 g/mol. The molecule has 0 aromatic rings. The van der Waals surface area contributed by atoms with Gasteiger partial charge >= 0.3 is 0 Å². The largest absolute Gasteiger partial charge is 0.316 e. The molecule has 0 bridgehead atoms. The van der Waals surface area contributed by atoms with Gasteiger partial charge in [0.2, 0.25) is 0 Å². The third-order valence-corrected chi connectivity index (χ3v) is 2.59. The molecule has 0 spiro atoms. The highest BCUT2D eigenvalue weighted by Crippen LogP contribution is 2.12. The molecule has 1 fully saturated rings. The predicted molar refractivity (Wildman–Crippen MR) is 53.0 cm³/mol. The van der Waals surface area contributed by atoms with Crippen molar-refractivity contribution in [3.63, 3.8) is 0 Å². The molecule has 1 rings (SSSR count). The maximum absolute atomic E-state index is 11.2. The summed E-state index contributed by atoms with van der Waals surface area (Å²) in [4.78, 5) is 11.2. The Hall–Kier alpha value is -0.420. The number of carbonyl (C=O) groups excluding carboxylic acids is 1. The van der Waals surface area contributed by atoms with Gasteiger partial charge in [-0.1, -0.05) is 0 Å². The molecule has 4 nitrogen and oxygen atoms in total. The summed E-state index contributed by atoms with van der Waals surface area (Å²) < 4.78 is 14.8. The average molecular weight is 204 g/mol. The number of carbonyl (C=O) groups is 1. The first-order valence-electron chi connectivity index (χ1n) is 4.38. The molecule has 1 heterocycles. The van der Waals surface area contributed by atoms with E-state index in [1.165, 1.54) is 12.5 Å². The standard InChI is InChI=1S/C8H16N2O2S/c1-13(2,12)10-8(11)5-7-3-4-9-6-7/h7,9H,3-6H2,1-2H3. The molecular formula is C8H16N2O2S. The Kier molecular flexibility index (Phi) is 3.44. The van der Waals surface area contributed by atoms with Crippen LogP contribution in [0, 0.1) is 5.92 Å². The molecule has 1 N–H and O–H groups in total. The van der Waals surface area contributed by atoms with Crippen molar-refractivity contribution in [3.05, 3.63) is 0 Å². The van der Waals surface area contributed by atoms with Crippen LogP contribution in [0.4, 0.5) is 0 Å². The van der Waals surface area contributed by atoms with Gasteiger partial charge in [0.1, 0.15) is 0 Å². The van der Waals surface area contributed by atoms with E-state index in [0.29, 0.717) is 12.3 Å². The van der Waals surface area contributed by atoms with Gasteiger partial charge < -0.3 is 5.32 Å². The van der Waals surface area contributed by atoms with E-state index in [1.807, 2.05) is 0 Å². The Morgan fingerprint density at radius 3 is 2.77 bits per heavy atom. The fourth-order valence-corrected chi connectivity index (χ4v) is 1.98. The summed E-state index contributed by atoms with van der Waals surface area (Å²) in [5.74, 6) is 0.168. The Morgan fingerprint density at radius 1 is 1.62 bits per heavy atom. The highest BCUT2D eigenvalue weighted by atomic mass is 32.2. The van der Waals surface area contributed by atoms with Gasteiger partial charge in [-0.05, 0) is 25.4 Å². The summed E-state index contributed by atoms with van der Waals surface area (Å²) in [5.41, 5.74) is 0. The predicted octanol–water partition coefficient (Wildman–Crippen LogP) is 0.240. The summed E-state index contributed by atoms with van der Waals surface area (Å²) in [6, 6.07) is 0. The molecule has 0 saturated carbocycles. The van der Waals surface area contributed by atoms with E-state index in [2.05, 4.69) is 9.68 Å². The second-order valence-corrected chi connectivity index (χ2v) is 6.27. The summed E-state index contributed by atoms with van der Waals surface area (Å²) >= 11 is 0. The van der Waals surface area contributed by atoms with E-state index >= 15 is 0 Å². The zero-order valence-corrected chi connectivity index (χ0v) is 8.89. The van der Waals surface area contributed by atoms with Gasteiger partial charge in [0.25, 0.3) is 5.91 Å². The SMILES string of the molecule is CS(C)(=O)=NC(=O)CC1CCNC1. The van der Waals surface area contributed by atoms with Gasteiger partial charge in [0.05, 0.1) is 0 Å². The number of rotatable bonds is 2. The molecule has 0 aromatic carbocycles. The lowest BCUT2D eigenvalue weighted by atomic mass is 10.1. The van der Waals surface area contributed by atoms with Crippen molar-refractivity contribution in [2.45, 2.75) is 12.8 Å². The Bertz CT molecular complexity index is 291. The highest BCUT2D eigenvalue weighted by molar-refractivity contribution is 7.92. The second-order valence-electron chi connectivity index (χ2n) is 3.73. The number of hydrogen-bond donors (Lipinski definition) is 1. The van der Waals surface area contributed by atoms with Crippen LogP contribution in [0.25, 0.3) is 0 Å². The van der Waals surface area contributed by atoms with Gasteiger partial charge in [0, 0.05) is 28.7 Å². The molecule has 0 radical (unpaired) electrons. The minimum Gasteiger partial charge on any atom is -0.316 e. The molecule has 1 aliphatic rings. The van der Waals surface area contributed by atoms with Crippen molar-refractivity contribution in [2.75, 3.05) is 25.6 Å². The molecule has 76 valence electrons. The number of nitrogens with zero attached hydrogens (tertiary/aromatic N) is 1. The van der Waals surface area contributed by atoms with Crippen molar-refractivity contribution >= 4 is 15.6 Å². The van der Waals surface area contributed by atoms with Crippen LogP contribution >= 0.6 is 0 Å². The molecule has 0 aromatic heterocycles. The van der Waals surface area contributed by atoms with E-state index in [0.717, 1.165) is 19.5 Å². The van der Waals surface area contributed by atoms with E-state index in [4.69, 9.17) is 0 Å². The third kappa shape index (κ3) is 4.38. The first-order valence-corrected chi connectivity index (χ1v) is 6.71. The van der Waals surface area contributed by atoms with Gasteiger partial charge in [-0.15, -0.1) is 0 Å². The third-order valence-electron chi connectivity index (χ3n) is 1.95. The van der Waals surface area contributed by atoms with Gasteiger partial charge in [-0.2, -0.15) is 4.36 Å². The zero-order valence-electron chi connectivity index (χ0n) is 8.08. The minimum absolute atomic E-state index is 0.219. The summed E-state index contributed by atoms with van der Waals surface area (Å²) in [6.45, 7) is 1.86. The lowest BCUT2D eigenvalue weighted by Crippen LogP contribution is -2.12. The van der Waals surface area contributed by atoms with E-state index in [9.17, 15) is 9.00 Å². The molecule has 5 heteroatoms. The molecule has 1 saturated heterocycles. The second kappa shape index (κ2) is 4.19. The fourth-order valence-electron chi connectivity index (χ4n) is 1.42. The molecule has 13 heavy (non-hydrogen) atoms. The van der Waals surface area contributed by atoms with Crippen molar-refractivity contribution in [2.24, 2.45) is 10.3 Å². The highest BCUT2D eigenvalue weighted by Gasteiger charge is 2.17. The topological polar surface area (TPSA) is 58.5 Å². The number of hydrogen-bond acceptors (Lipinski definition) is 3.